The van der Waals surface area contributed by atoms with E-state index < -0.39 is 4.92 Å². The summed E-state index contributed by atoms with van der Waals surface area (Å²) >= 11 is 5.97. The average Bonchev–Trinajstić information content (AvgIpc) is 2.79. The van der Waals surface area contributed by atoms with Crippen LogP contribution in [0.3, 0.4) is 0 Å². The molecule has 1 aliphatic heterocycles. The highest BCUT2D eigenvalue weighted by molar-refractivity contribution is 6.32. The lowest BCUT2D eigenvalue weighted by Crippen LogP contribution is -2.47. The van der Waals surface area contributed by atoms with Crippen molar-refractivity contribution in [3.63, 3.8) is 0 Å². The van der Waals surface area contributed by atoms with Crippen LogP contribution in [0.15, 0.2) is 72.8 Å². The van der Waals surface area contributed by atoms with Crippen LogP contribution in [0.1, 0.15) is 42.2 Å². The van der Waals surface area contributed by atoms with E-state index in [1.165, 1.54) is 25.1 Å². The molecule has 168 valence electrons. The third-order valence-corrected chi connectivity index (χ3v) is 6.17. The summed E-state index contributed by atoms with van der Waals surface area (Å²) in [6.45, 7) is 3.48. The average molecular weight is 464 g/mol. The zero-order valence-corrected chi connectivity index (χ0v) is 18.9. The van der Waals surface area contributed by atoms with Crippen molar-refractivity contribution in [3.05, 3.63) is 99.1 Å². The molecule has 1 aliphatic rings. The summed E-state index contributed by atoms with van der Waals surface area (Å²) in [6, 6.07) is 20.2. The van der Waals surface area contributed by atoms with Gasteiger partial charge < -0.3 is 9.80 Å². The normalized spacial score (nSPS) is 17.2. The van der Waals surface area contributed by atoms with E-state index >= 15 is 0 Å². The minimum absolute atomic E-state index is 0.0310. The predicted octanol–water partition coefficient (Wildman–Crippen LogP) is 5.78. The smallest absolute Gasteiger partial charge is 0.288 e. The van der Waals surface area contributed by atoms with Crippen molar-refractivity contribution in [2.45, 2.75) is 32.4 Å². The van der Waals surface area contributed by atoms with Gasteiger partial charge in [-0.25, -0.2) is 0 Å². The standard InChI is InChI=1S/C25H22ClN3O4/c1-16-14-23(20-10-6-7-11-22(20)27(16)17(2)30)28(19-8-4-3-5-9-19)25(31)18-12-13-21(26)24(15-18)29(32)33/h3-13,15-16,23H,14H2,1-2H3/t16-,23+/m0/s1. The zero-order chi connectivity index (χ0) is 23.7. The lowest BCUT2D eigenvalue weighted by molar-refractivity contribution is -0.384. The molecule has 1 heterocycles. The quantitative estimate of drug-likeness (QED) is 0.362. The van der Waals surface area contributed by atoms with Gasteiger partial charge in [-0.1, -0.05) is 48.0 Å². The number of carbonyl (C=O) groups is 2. The van der Waals surface area contributed by atoms with E-state index in [4.69, 9.17) is 11.6 Å². The topological polar surface area (TPSA) is 83.8 Å². The molecule has 0 unspecified atom stereocenters. The number of benzene rings is 3. The van der Waals surface area contributed by atoms with Gasteiger partial charge in [0.05, 0.1) is 11.0 Å². The Hall–Kier alpha value is -3.71. The molecule has 0 spiro atoms. The molecule has 8 heteroatoms. The van der Waals surface area contributed by atoms with Crippen LogP contribution in [0.5, 0.6) is 0 Å². The third-order valence-electron chi connectivity index (χ3n) is 5.85. The Morgan fingerprint density at radius 1 is 1.06 bits per heavy atom. The molecule has 0 bridgehead atoms. The SMILES string of the molecule is CC(=O)N1c2ccccc2[C@H](N(C(=O)c2ccc(Cl)c([N+](=O)[O-])c2)c2ccccc2)C[C@@H]1C. The van der Waals surface area contributed by atoms with E-state index in [0.29, 0.717) is 12.1 Å². The fourth-order valence-corrected chi connectivity index (χ4v) is 4.64. The molecular formula is C25H22ClN3O4. The second-order valence-corrected chi connectivity index (χ2v) is 8.39. The first-order chi connectivity index (χ1) is 15.8. The molecular weight excluding hydrogens is 442 g/mol. The van der Waals surface area contributed by atoms with Gasteiger partial charge in [-0.05, 0) is 49.2 Å². The molecule has 7 nitrogen and oxygen atoms in total. The van der Waals surface area contributed by atoms with E-state index in [1.54, 1.807) is 9.80 Å². The number of carbonyl (C=O) groups excluding carboxylic acids is 2. The minimum atomic E-state index is -0.602. The van der Waals surface area contributed by atoms with Crippen LogP contribution in [0.4, 0.5) is 17.1 Å². The van der Waals surface area contributed by atoms with E-state index in [-0.39, 0.29) is 40.2 Å². The summed E-state index contributed by atoms with van der Waals surface area (Å²) in [4.78, 5) is 40.4. The highest BCUT2D eigenvalue weighted by atomic mass is 35.5. The summed E-state index contributed by atoms with van der Waals surface area (Å²) in [7, 11) is 0. The van der Waals surface area contributed by atoms with Crippen molar-refractivity contribution < 1.29 is 14.5 Å². The van der Waals surface area contributed by atoms with Crippen molar-refractivity contribution >= 4 is 40.5 Å². The maximum atomic E-state index is 13.8. The predicted molar refractivity (Wildman–Crippen MR) is 128 cm³/mol. The molecule has 0 saturated carbocycles. The van der Waals surface area contributed by atoms with Gasteiger partial charge in [0.1, 0.15) is 5.02 Å². The Bertz CT molecular complexity index is 1230. The molecule has 3 aromatic carbocycles. The van der Waals surface area contributed by atoms with Gasteiger partial charge in [0, 0.05) is 36.0 Å². The number of rotatable bonds is 4. The van der Waals surface area contributed by atoms with Crippen LogP contribution in [0, 0.1) is 10.1 Å². The summed E-state index contributed by atoms with van der Waals surface area (Å²) in [5.74, 6) is -0.455. The molecule has 33 heavy (non-hydrogen) atoms. The molecule has 3 aromatic rings. The minimum Gasteiger partial charge on any atom is -0.309 e. The molecule has 0 aliphatic carbocycles. The van der Waals surface area contributed by atoms with Gasteiger partial charge in [0.15, 0.2) is 0 Å². The molecule has 0 fully saturated rings. The van der Waals surface area contributed by atoms with Gasteiger partial charge in [0.25, 0.3) is 11.6 Å². The van der Waals surface area contributed by atoms with E-state index in [9.17, 15) is 19.7 Å². The first-order valence-corrected chi connectivity index (χ1v) is 10.9. The molecule has 0 saturated heterocycles. The lowest BCUT2D eigenvalue weighted by Gasteiger charge is -2.43. The molecule has 0 aromatic heterocycles. The number of anilines is 2. The van der Waals surface area contributed by atoms with Gasteiger partial charge in [-0.15, -0.1) is 0 Å². The molecule has 2 atom stereocenters. The molecule has 0 N–H and O–H groups in total. The fraction of sp³-hybridized carbons (Fsp3) is 0.200. The Kier molecular flexibility index (Phi) is 6.16. The summed E-state index contributed by atoms with van der Waals surface area (Å²) in [6.07, 6.45) is 0.507. The number of hydrogen-bond donors (Lipinski definition) is 0. The number of nitro benzene ring substituents is 1. The van der Waals surface area contributed by atoms with Crippen molar-refractivity contribution in [2.75, 3.05) is 9.80 Å². The molecule has 4 rings (SSSR count). The second-order valence-electron chi connectivity index (χ2n) is 7.98. The van der Waals surface area contributed by atoms with Crippen molar-refractivity contribution in [3.8, 4) is 0 Å². The summed E-state index contributed by atoms with van der Waals surface area (Å²) < 4.78 is 0. The van der Waals surface area contributed by atoms with Gasteiger partial charge in [0.2, 0.25) is 5.91 Å². The number of para-hydroxylation sites is 2. The van der Waals surface area contributed by atoms with Crippen molar-refractivity contribution in [1.29, 1.82) is 0 Å². The number of amides is 2. The van der Waals surface area contributed by atoms with Crippen LogP contribution in [0.25, 0.3) is 0 Å². The van der Waals surface area contributed by atoms with Crippen LogP contribution in [0.2, 0.25) is 5.02 Å². The Balaban J connectivity index is 1.87. The van der Waals surface area contributed by atoms with Crippen LogP contribution < -0.4 is 9.80 Å². The van der Waals surface area contributed by atoms with Gasteiger partial charge >= 0.3 is 0 Å². The first kappa shape index (κ1) is 22.5. The van der Waals surface area contributed by atoms with Crippen LogP contribution in [-0.2, 0) is 4.79 Å². The monoisotopic (exact) mass is 463 g/mol. The fourth-order valence-electron chi connectivity index (χ4n) is 4.46. The maximum Gasteiger partial charge on any atom is 0.288 e. The number of halogens is 1. The second kappa shape index (κ2) is 9.03. The highest BCUT2D eigenvalue weighted by Crippen LogP contribution is 2.43. The number of nitrogens with zero attached hydrogens (tertiary/aromatic N) is 3. The van der Waals surface area contributed by atoms with Crippen LogP contribution >= 0.6 is 11.6 Å². The molecule has 0 radical (unpaired) electrons. The van der Waals surface area contributed by atoms with Gasteiger partial charge in [-0.3, -0.25) is 19.7 Å². The lowest BCUT2D eigenvalue weighted by atomic mass is 9.89. The largest absolute Gasteiger partial charge is 0.309 e. The maximum absolute atomic E-state index is 13.8. The highest BCUT2D eigenvalue weighted by Gasteiger charge is 2.38. The van der Waals surface area contributed by atoms with E-state index in [0.717, 1.165) is 11.3 Å². The Morgan fingerprint density at radius 2 is 1.73 bits per heavy atom. The number of fused-ring (bicyclic) bond motifs is 1. The summed E-state index contributed by atoms with van der Waals surface area (Å²) in [5, 5.41) is 11.4. The molecule has 2 amide bonds. The third kappa shape index (κ3) is 4.19. The Morgan fingerprint density at radius 3 is 2.39 bits per heavy atom. The number of hydrogen-bond acceptors (Lipinski definition) is 4. The van der Waals surface area contributed by atoms with Crippen molar-refractivity contribution in [2.24, 2.45) is 0 Å². The number of nitro groups is 1. The summed E-state index contributed by atoms with van der Waals surface area (Å²) in [5.41, 5.74) is 2.09. The Labute approximate surface area is 196 Å². The van der Waals surface area contributed by atoms with Gasteiger partial charge in [-0.2, -0.15) is 0 Å². The van der Waals surface area contributed by atoms with E-state index in [1.807, 2.05) is 61.5 Å². The van der Waals surface area contributed by atoms with Crippen molar-refractivity contribution in [1.82, 2.24) is 0 Å². The first-order valence-electron chi connectivity index (χ1n) is 10.5. The van der Waals surface area contributed by atoms with Crippen LogP contribution in [-0.4, -0.2) is 22.8 Å². The van der Waals surface area contributed by atoms with E-state index in [2.05, 4.69) is 0 Å². The zero-order valence-electron chi connectivity index (χ0n) is 18.1.